The van der Waals surface area contributed by atoms with Crippen LogP contribution in [0.1, 0.15) is 43.2 Å². The van der Waals surface area contributed by atoms with E-state index in [2.05, 4.69) is 44.4 Å². The van der Waals surface area contributed by atoms with Crippen LogP contribution in [0.15, 0.2) is 60.7 Å². The van der Waals surface area contributed by atoms with Gasteiger partial charge in [-0.3, -0.25) is 4.79 Å². The second-order valence-corrected chi connectivity index (χ2v) is 10.1. The third-order valence-electron chi connectivity index (χ3n) is 7.67. The van der Waals surface area contributed by atoms with Crippen molar-refractivity contribution in [2.24, 2.45) is 5.92 Å². The van der Waals surface area contributed by atoms with E-state index in [1.807, 2.05) is 35.2 Å². The largest absolute Gasteiger partial charge is 0.375 e. The van der Waals surface area contributed by atoms with Crippen LogP contribution in [0.2, 0.25) is 0 Å². The maximum absolute atomic E-state index is 13.6. The summed E-state index contributed by atoms with van der Waals surface area (Å²) in [5.41, 5.74) is 0.761. The molecule has 2 fully saturated rings. The van der Waals surface area contributed by atoms with Crippen LogP contribution in [0, 0.1) is 5.92 Å². The molecule has 2 aliphatic rings. The summed E-state index contributed by atoms with van der Waals surface area (Å²) in [5.74, 6) is -0.0686. The molecule has 1 saturated carbocycles. The topological polar surface area (TPSA) is 40.5 Å². The Kier molecular flexibility index (Phi) is 6.49. The molecule has 1 amide bonds. The van der Waals surface area contributed by atoms with E-state index in [9.17, 15) is 9.90 Å². The Bertz CT molecular complexity index is 855. The lowest BCUT2D eigenvalue weighted by Gasteiger charge is -2.51. The molecule has 2 aromatic carbocycles. The minimum atomic E-state index is -1.38. The summed E-state index contributed by atoms with van der Waals surface area (Å²) in [4.78, 5) is 15.5. The van der Waals surface area contributed by atoms with Crippen LogP contribution in [0.3, 0.4) is 0 Å². The fraction of sp³-hybridized carbons (Fsp3) is 0.519. The minimum absolute atomic E-state index is 0.0230. The van der Waals surface area contributed by atoms with Gasteiger partial charge in [0.15, 0.2) is 5.60 Å². The number of nitrogens with zero attached hydrogens (tertiary/aromatic N) is 2. The van der Waals surface area contributed by atoms with Gasteiger partial charge in [0.25, 0.3) is 5.91 Å². The van der Waals surface area contributed by atoms with Gasteiger partial charge in [0.2, 0.25) is 0 Å². The smallest absolute Gasteiger partial charge is 0.259 e. The van der Waals surface area contributed by atoms with E-state index < -0.39 is 5.60 Å². The van der Waals surface area contributed by atoms with Gasteiger partial charge < -0.3 is 14.5 Å². The Morgan fingerprint density at radius 2 is 1.58 bits per heavy atom. The van der Waals surface area contributed by atoms with Crippen molar-refractivity contribution in [1.29, 1.82) is 0 Å². The van der Waals surface area contributed by atoms with Gasteiger partial charge in [0, 0.05) is 12.3 Å². The lowest BCUT2D eigenvalue weighted by atomic mass is 9.78. The van der Waals surface area contributed by atoms with E-state index in [0.29, 0.717) is 6.04 Å². The number of hydrogen-bond acceptors (Lipinski definition) is 2. The van der Waals surface area contributed by atoms with Gasteiger partial charge >= 0.3 is 0 Å². The van der Waals surface area contributed by atoms with Gasteiger partial charge in [-0.25, -0.2) is 0 Å². The van der Waals surface area contributed by atoms with Crippen molar-refractivity contribution in [3.63, 3.8) is 0 Å². The predicted molar refractivity (Wildman–Crippen MR) is 124 cm³/mol. The first kappa shape index (κ1) is 22.0. The number of rotatable bonds is 8. The molecular weight excluding hydrogens is 384 g/mol. The number of aliphatic hydroxyl groups is 1. The quantitative estimate of drug-likeness (QED) is 0.655. The van der Waals surface area contributed by atoms with Crippen molar-refractivity contribution < 1.29 is 14.4 Å². The zero-order chi connectivity index (χ0) is 21.9. The second kappa shape index (κ2) is 9.13. The molecule has 2 aromatic rings. The first-order valence-corrected chi connectivity index (χ1v) is 11.8. The molecule has 166 valence electrons. The fourth-order valence-electron chi connectivity index (χ4n) is 5.39. The molecule has 1 saturated heterocycles. The van der Waals surface area contributed by atoms with Gasteiger partial charge in [-0.05, 0) is 30.4 Å². The van der Waals surface area contributed by atoms with Crippen LogP contribution < -0.4 is 0 Å². The van der Waals surface area contributed by atoms with Crippen LogP contribution in [0.4, 0.5) is 0 Å². The third-order valence-corrected chi connectivity index (χ3v) is 7.67. The van der Waals surface area contributed by atoms with Crippen molar-refractivity contribution in [1.82, 2.24) is 4.90 Å². The highest BCUT2D eigenvalue weighted by Gasteiger charge is 2.52. The number of carbonyl (C=O) groups is 1. The zero-order valence-corrected chi connectivity index (χ0v) is 19.0. The monoisotopic (exact) mass is 421 g/mol. The molecule has 1 atom stereocenters. The third kappa shape index (κ3) is 4.56. The molecule has 4 nitrogen and oxygen atoms in total. The summed E-state index contributed by atoms with van der Waals surface area (Å²) in [6.07, 6.45) is 6.28. The Morgan fingerprint density at radius 3 is 2.19 bits per heavy atom. The lowest BCUT2D eigenvalue weighted by molar-refractivity contribution is -0.919. The Labute approximate surface area is 187 Å². The molecule has 31 heavy (non-hydrogen) atoms. The normalized spacial score (nSPS) is 19.8. The fourth-order valence-corrected chi connectivity index (χ4v) is 5.39. The molecule has 0 bridgehead atoms. The summed E-state index contributed by atoms with van der Waals surface area (Å²) in [5, 5.41) is 11.7. The maximum Gasteiger partial charge on any atom is 0.259 e. The van der Waals surface area contributed by atoms with E-state index in [1.54, 1.807) is 0 Å². The van der Waals surface area contributed by atoms with Crippen molar-refractivity contribution in [3.8, 4) is 0 Å². The molecule has 4 heteroatoms. The van der Waals surface area contributed by atoms with Gasteiger partial charge in [-0.15, -0.1) is 0 Å². The summed E-state index contributed by atoms with van der Waals surface area (Å²) in [6.45, 7) is 2.56. The number of hydrogen-bond donors (Lipinski definition) is 1. The van der Waals surface area contributed by atoms with Crippen molar-refractivity contribution >= 4 is 5.91 Å². The molecular formula is C27H37N2O2+. The molecule has 1 aliphatic heterocycles. The lowest BCUT2D eigenvalue weighted by Crippen LogP contribution is -2.69. The molecule has 0 aromatic heterocycles. The first-order valence-electron chi connectivity index (χ1n) is 11.8. The van der Waals surface area contributed by atoms with Crippen LogP contribution in [0.25, 0.3) is 0 Å². The molecule has 1 aliphatic carbocycles. The number of carbonyl (C=O) groups excluding carboxylic acids is 1. The number of likely N-dealkylation sites (tertiary alicyclic amines) is 1. The van der Waals surface area contributed by atoms with E-state index in [4.69, 9.17) is 0 Å². The van der Waals surface area contributed by atoms with Gasteiger partial charge in [-0.1, -0.05) is 73.5 Å². The molecule has 1 unspecified atom stereocenters. The molecule has 1 heterocycles. The average Bonchev–Trinajstić information content (AvgIpc) is 3.28. The highest BCUT2D eigenvalue weighted by Crippen LogP contribution is 2.42. The van der Waals surface area contributed by atoms with Gasteiger partial charge in [0.05, 0.1) is 33.7 Å². The van der Waals surface area contributed by atoms with Gasteiger partial charge in [0.1, 0.15) is 6.04 Å². The van der Waals surface area contributed by atoms with Crippen LogP contribution in [-0.2, 0) is 16.8 Å². The van der Waals surface area contributed by atoms with E-state index in [0.717, 1.165) is 68.2 Å². The molecule has 4 rings (SSSR count). The molecule has 1 N–H and O–H groups in total. The highest BCUT2D eigenvalue weighted by atomic mass is 16.3. The summed E-state index contributed by atoms with van der Waals surface area (Å²) < 4.78 is 0.920. The maximum atomic E-state index is 13.6. The number of likely N-dealkylation sites (N-methyl/N-ethyl adjacent to an activating group) is 1. The van der Waals surface area contributed by atoms with Crippen LogP contribution in [-0.4, -0.2) is 60.2 Å². The first-order chi connectivity index (χ1) is 14.9. The Morgan fingerprint density at radius 1 is 1.00 bits per heavy atom. The van der Waals surface area contributed by atoms with Crippen LogP contribution >= 0.6 is 0 Å². The Hall–Kier alpha value is -2.17. The summed E-state index contributed by atoms with van der Waals surface area (Å²) >= 11 is 0. The summed E-state index contributed by atoms with van der Waals surface area (Å²) in [6, 6.07) is 20.7. The Balaban J connectivity index is 1.37. The predicted octanol–water partition coefficient (Wildman–Crippen LogP) is 3.98. The SMILES string of the molecule is C[N+](C)(CCCc1ccccc1)C1CN(C(=O)C(O)(c2ccccc2)C2CCCC2)C1. The minimum Gasteiger partial charge on any atom is -0.375 e. The van der Waals surface area contributed by atoms with Crippen molar-refractivity contribution in [3.05, 3.63) is 71.8 Å². The number of benzene rings is 2. The standard InChI is InChI=1S/C27H37N2O2/c1-29(2,19-11-14-22-12-5-3-6-13-22)25-20-28(21-25)26(30)27(31,24-17-9-10-18-24)23-15-7-4-8-16-23/h3-8,12-13,15-16,24-25,31H,9-11,14,17-21H2,1-2H3/q+1. The molecule has 0 radical (unpaired) electrons. The van der Waals surface area contributed by atoms with E-state index in [1.165, 1.54) is 5.56 Å². The van der Waals surface area contributed by atoms with Crippen LogP contribution in [0.5, 0.6) is 0 Å². The van der Waals surface area contributed by atoms with Crippen molar-refractivity contribution in [2.45, 2.75) is 50.2 Å². The molecule has 0 spiro atoms. The van der Waals surface area contributed by atoms with E-state index >= 15 is 0 Å². The zero-order valence-electron chi connectivity index (χ0n) is 19.0. The number of quaternary nitrogens is 1. The van der Waals surface area contributed by atoms with Crippen molar-refractivity contribution in [2.75, 3.05) is 33.7 Å². The number of amides is 1. The van der Waals surface area contributed by atoms with E-state index in [-0.39, 0.29) is 11.8 Å². The highest BCUT2D eigenvalue weighted by molar-refractivity contribution is 5.87. The van der Waals surface area contributed by atoms with Gasteiger partial charge in [-0.2, -0.15) is 0 Å². The summed E-state index contributed by atoms with van der Waals surface area (Å²) in [7, 11) is 4.55. The number of aryl methyl sites for hydroxylation is 1. The second-order valence-electron chi connectivity index (χ2n) is 10.1. The average molecular weight is 422 g/mol.